The first-order valence-corrected chi connectivity index (χ1v) is 9.03. The minimum Gasteiger partial charge on any atom is -0.326 e. The van der Waals surface area contributed by atoms with Crippen molar-refractivity contribution in [2.45, 2.75) is 25.8 Å². The molecule has 2 N–H and O–H groups in total. The summed E-state index contributed by atoms with van der Waals surface area (Å²) in [5.41, 5.74) is 2.48. The summed E-state index contributed by atoms with van der Waals surface area (Å²) in [6.45, 7) is 1.50. The van der Waals surface area contributed by atoms with Crippen LogP contribution >= 0.6 is 11.6 Å². The van der Waals surface area contributed by atoms with Gasteiger partial charge in [-0.2, -0.15) is 0 Å². The Morgan fingerprint density at radius 1 is 1.19 bits per heavy atom. The number of hydrogen-bond donors (Lipinski definition) is 2. The maximum atomic E-state index is 12.5. The summed E-state index contributed by atoms with van der Waals surface area (Å²) in [5.74, 6) is -0.832. The number of amides is 4. The van der Waals surface area contributed by atoms with Gasteiger partial charge in [-0.3, -0.25) is 14.5 Å². The molecule has 0 spiro atoms. The van der Waals surface area contributed by atoms with Gasteiger partial charge in [0, 0.05) is 10.7 Å². The first-order chi connectivity index (χ1) is 12.9. The number of carbonyl (C=O) groups excluding carboxylic acids is 3. The molecule has 0 unspecified atom stereocenters. The number of nitrogens with zero attached hydrogens (tertiary/aromatic N) is 1. The highest BCUT2D eigenvalue weighted by Crippen LogP contribution is 2.20. The van der Waals surface area contributed by atoms with E-state index in [0.29, 0.717) is 23.6 Å². The first kappa shape index (κ1) is 18.9. The van der Waals surface area contributed by atoms with Crippen LogP contribution in [0.5, 0.6) is 0 Å². The average Bonchev–Trinajstić information content (AvgIpc) is 2.91. The van der Waals surface area contributed by atoms with E-state index in [1.807, 2.05) is 37.3 Å². The zero-order valence-electron chi connectivity index (χ0n) is 14.9. The lowest BCUT2D eigenvalue weighted by atomic mass is 10.1. The molecule has 7 heteroatoms. The summed E-state index contributed by atoms with van der Waals surface area (Å²) in [7, 11) is 0. The van der Waals surface area contributed by atoms with Crippen molar-refractivity contribution in [2.24, 2.45) is 0 Å². The predicted octanol–water partition coefficient (Wildman–Crippen LogP) is 3.14. The van der Waals surface area contributed by atoms with Gasteiger partial charge in [-0.25, -0.2) is 4.79 Å². The Morgan fingerprint density at radius 3 is 2.67 bits per heavy atom. The summed E-state index contributed by atoms with van der Waals surface area (Å²) in [5, 5.41) is 5.84. The highest BCUT2D eigenvalue weighted by molar-refractivity contribution is 6.31. The molecular formula is C20H20ClN3O3. The molecule has 2 aromatic rings. The second kappa shape index (κ2) is 8.22. The molecule has 3 rings (SSSR count). The van der Waals surface area contributed by atoms with E-state index in [2.05, 4.69) is 10.6 Å². The highest BCUT2D eigenvalue weighted by atomic mass is 35.5. The number of carbonyl (C=O) groups is 3. The van der Waals surface area contributed by atoms with Gasteiger partial charge in [0.1, 0.15) is 12.6 Å². The molecule has 1 atom stereocenters. The molecule has 0 aromatic heterocycles. The topological polar surface area (TPSA) is 78.5 Å². The van der Waals surface area contributed by atoms with Gasteiger partial charge in [0.2, 0.25) is 5.91 Å². The molecule has 4 amide bonds. The molecule has 6 nitrogen and oxygen atoms in total. The van der Waals surface area contributed by atoms with Gasteiger partial charge in [0.05, 0.1) is 0 Å². The van der Waals surface area contributed by atoms with Gasteiger partial charge in [0.25, 0.3) is 5.91 Å². The molecule has 1 aliphatic rings. The molecule has 0 aliphatic carbocycles. The fourth-order valence-corrected chi connectivity index (χ4v) is 3.11. The van der Waals surface area contributed by atoms with Crippen molar-refractivity contribution < 1.29 is 14.4 Å². The number of halogens is 1. The van der Waals surface area contributed by atoms with E-state index >= 15 is 0 Å². The Morgan fingerprint density at radius 2 is 1.93 bits per heavy atom. The van der Waals surface area contributed by atoms with E-state index in [-0.39, 0.29) is 12.5 Å². The van der Waals surface area contributed by atoms with Gasteiger partial charge in [-0.15, -0.1) is 0 Å². The molecule has 0 bridgehead atoms. The first-order valence-electron chi connectivity index (χ1n) is 8.66. The van der Waals surface area contributed by atoms with Crippen molar-refractivity contribution >= 4 is 35.1 Å². The fourth-order valence-electron chi connectivity index (χ4n) is 2.94. The Kier molecular flexibility index (Phi) is 5.76. The second-order valence-corrected chi connectivity index (χ2v) is 6.89. The predicted molar refractivity (Wildman–Crippen MR) is 104 cm³/mol. The lowest BCUT2D eigenvalue weighted by Crippen LogP contribution is -2.38. The van der Waals surface area contributed by atoms with Gasteiger partial charge in [-0.05, 0) is 43.0 Å². The fraction of sp³-hybridized carbons (Fsp3) is 0.250. The van der Waals surface area contributed by atoms with Crippen LogP contribution in [-0.4, -0.2) is 35.3 Å². The minimum atomic E-state index is -0.613. The molecular weight excluding hydrogens is 366 g/mol. The zero-order chi connectivity index (χ0) is 19.4. The van der Waals surface area contributed by atoms with E-state index in [9.17, 15) is 14.4 Å². The summed E-state index contributed by atoms with van der Waals surface area (Å²) in [6, 6.07) is 13.7. The lowest BCUT2D eigenvalue weighted by Gasteiger charge is -2.14. The monoisotopic (exact) mass is 385 g/mol. The van der Waals surface area contributed by atoms with Crippen LogP contribution in [0.4, 0.5) is 10.5 Å². The second-order valence-electron chi connectivity index (χ2n) is 6.46. The van der Waals surface area contributed by atoms with Crippen molar-refractivity contribution in [1.29, 1.82) is 0 Å². The van der Waals surface area contributed by atoms with Gasteiger partial charge in [-0.1, -0.05) is 48.0 Å². The normalized spacial score (nSPS) is 16.4. The van der Waals surface area contributed by atoms with E-state index < -0.39 is 18.0 Å². The van der Waals surface area contributed by atoms with E-state index in [4.69, 9.17) is 11.6 Å². The van der Waals surface area contributed by atoms with Crippen molar-refractivity contribution in [3.63, 3.8) is 0 Å². The van der Waals surface area contributed by atoms with Crippen LogP contribution in [0.15, 0.2) is 48.5 Å². The van der Waals surface area contributed by atoms with Crippen LogP contribution in [0.3, 0.4) is 0 Å². The highest BCUT2D eigenvalue weighted by Gasteiger charge is 2.38. The van der Waals surface area contributed by atoms with Crippen LogP contribution in [0.2, 0.25) is 5.02 Å². The summed E-state index contributed by atoms with van der Waals surface area (Å²) in [4.78, 5) is 37.8. The number of aryl methyl sites for hydroxylation is 2. The lowest BCUT2D eigenvalue weighted by molar-refractivity contribution is -0.130. The van der Waals surface area contributed by atoms with Crippen LogP contribution in [0.1, 0.15) is 17.5 Å². The molecule has 2 aromatic carbocycles. The summed E-state index contributed by atoms with van der Waals surface area (Å²) >= 11 is 5.94. The minimum absolute atomic E-state index is 0.335. The summed E-state index contributed by atoms with van der Waals surface area (Å²) in [6.07, 6.45) is 1.15. The number of nitrogens with one attached hydrogen (secondary N) is 2. The Hall–Kier alpha value is -2.86. The van der Waals surface area contributed by atoms with Crippen LogP contribution in [-0.2, 0) is 16.0 Å². The Bertz CT molecular complexity index is 870. The third kappa shape index (κ3) is 4.65. The van der Waals surface area contributed by atoms with E-state index in [1.54, 1.807) is 18.2 Å². The van der Waals surface area contributed by atoms with Crippen LogP contribution in [0, 0.1) is 6.92 Å². The molecule has 1 aliphatic heterocycles. The number of imide groups is 1. The van der Waals surface area contributed by atoms with Crippen molar-refractivity contribution in [3.05, 3.63) is 64.7 Å². The molecule has 27 heavy (non-hydrogen) atoms. The largest absolute Gasteiger partial charge is 0.326 e. The third-order valence-electron chi connectivity index (χ3n) is 4.45. The average molecular weight is 386 g/mol. The van der Waals surface area contributed by atoms with Crippen molar-refractivity contribution in [1.82, 2.24) is 10.2 Å². The van der Waals surface area contributed by atoms with Crippen molar-refractivity contribution in [3.8, 4) is 0 Å². The van der Waals surface area contributed by atoms with Gasteiger partial charge in [0.15, 0.2) is 0 Å². The van der Waals surface area contributed by atoms with Crippen LogP contribution < -0.4 is 10.6 Å². The molecule has 140 valence electrons. The number of benzene rings is 2. The SMILES string of the molecule is Cc1ccc(Cl)cc1NC(=O)CN1C(=O)N[C@H](CCc2ccccc2)C1=O. The van der Waals surface area contributed by atoms with Gasteiger partial charge < -0.3 is 10.6 Å². The standard InChI is InChI=1S/C20H20ClN3O3/c1-13-7-9-15(21)11-17(13)22-18(25)12-24-19(26)16(23-20(24)27)10-8-14-5-3-2-4-6-14/h2-7,9,11,16H,8,10,12H2,1H3,(H,22,25)(H,23,27)/t16-/m1/s1. The molecule has 1 heterocycles. The maximum Gasteiger partial charge on any atom is 0.325 e. The Labute approximate surface area is 162 Å². The Balaban J connectivity index is 1.58. The number of urea groups is 1. The number of rotatable bonds is 6. The number of hydrogen-bond acceptors (Lipinski definition) is 3. The third-order valence-corrected chi connectivity index (χ3v) is 4.68. The molecule has 0 radical (unpaired) electrons. The molecule has 1 fully saturated rings. The zero-order valence-corrected chi connectivity index (χ0v) is 15.6. The number of anilines is 1. The van der Waals surface area contributed by atoms with Crippen LogP contribution in [0.25, 0.3) is 0 Å². The molecule has 1 saturated heterocycles. The van der Waals surface area contributed by atoms with Gasteiger partial charge >= 0.3 is 6.03 Å². The van der Waals surface area contributed by atoms with Crippen molar-refractivity contribution in [2.75, 3.05) is 11.9 Å². The quantitative estimate of drug-likeness (QED) is 0.750. The maximum absolute atomic E-state index is 12.5. The smallest absolute Gasteiger partial charge is 0.325 e. The van der Waals surface area contributed by atoms with E-state index in [1.165, 1.54) is 0 Å². The molecule has 0 saturated carbocycles. The summed E-state index contributed by atoms with van der Waals surface area (Å²) < 4.78 is 0. The van der Waals surface area contributed by atoms with E-state index in [0.717, 1.165) is 16.0 Å².